The zero-order chi connectivity index (χ0) is 22.1. The van der Waals surface area contributed by atoms with Crippen molar-refractivity contribution in [3.05, 3.63) is 65.7 Å². The number of hydrogen-bond acceptors (Lipinski definition) is 5. The largest absolute Gasteiger partial charge is 0.414 e. The minimum atomic E-state index is -0.534. The van der Waals surface area contributed by atoms with E-state index >= 15 is 0 Å². The summed E-state index contributed by atoms with van der Waals surface area (Å²) in [6, 6.07) is 13.4. The summed E-state index contributed by atoms with van der Waals surface area (Å²) in [4.78, 5) is 39.4. The fourth-order valence-electron chi connectivity index (χ4n) is 2.31. The monoisotopic (exact) mass is 410 g/mol. The summed E-state index contributed by atoms with van der Waals surface area (Å²) in [6.07, 6.45) is 2.01. The van der Waals surface area contributed by atoms with Gasteiger partial charge in [0, 0.05) is 27.2 Å². The highest BCUT2D eigenvalue weighted by atomic mass is 16.6. The van der Waals surface area contributed by atoms with Crippen molar-refractivity contribution in [1.29, 1.82) is 0 Å². The van der Waals surface area contributed by atoms with Crippen molar-refractivity contribution < 1.29 is 23.9 Å². The third-order valence-electron chi connectivity index (χ3n) is 4.41. The van der Waals surface area contributed by atoms with Crippen molar-refractivity contribution in [3.8, 4) is 11.5 Å². The third kappa shape index (κ3) is 6.20. The molecule has 0 fully saturated rings. The molecule has 0 spiro atoms. The molecule has 0 aliphatic carbocycles. The normalized spacial score (nSPS) is 10.5. The van der Waals surface area contributed by atoms with Gasteiger partial charge < -0.3 is 19.3 Å². The summed E-state index contributed by atoms with van der Waals surface area (Å²) in [7, 11) is 3.26. The van der Waals surface area contributed by atoms with Crippen molar-refractivity contribution >= 4 is 24.0 Å². The molecule has 30 heavy (non-hydrogen) atoms. The van der Waals surface area contributed by atoms with Gasteiger partial charge in [-0.1, -0.05) is 30.3 Å². The summed E-state index contributed by atoms with van der Waals surface area (Å²) >= 11 is 0. The van der Waals surface area contributed by atoms with Gasteiger partial charge in [0.15, 0.2) is 5.78 Å². The summed E-state index contributed by atoms with van der Waals surface area (Å²) in [5.74, 6) is 0.264. The fraction of sp³-hybridized carbons (Fsp3) is 0.261. The molecule has 0 radical (unpaired) electrons. The zero-order valence-electron chi connectivity index (χ0n) is 17.6. The Hall–Kier alpha value is -3.61. The van der Waals surface area contributed by atoms with Gasteiger partial charge in [-0.05, 0) is 49.8 Å². The van der Waals surface area contributed by atoms with Crippen LogP contribution in [-0.4, -0.2) is 55.0 Å². The average molecular weight is 410 g/mol. The van der Waals surface area contributed by atoms with E-state index in [1.54, 1.807) is 68.7 Å². The Bertz CT molecular complexity index is 939. The quantitative estimate of drug-likeness (QED) is 0.497. The molecule has 0 aromatic heterocycles. The van der Waals surface area contributed by atoms with Crippen LogP contribution in [-0.2, 0) is 0 Å². The van der Waals surface area contributed by atoms with E-state index in [2.05, 4.69) is 0 Å². The molecular formula is C23H26N2O5. The SMILES string of the molecule is CCN(C)C(=O)Oc1cccc(/C=C/C(=O)c2ccccc2OC(=O)N(C)CC)c1. The summed E-state index contributed by atoms with van der Waals surface area (Å²) in [5, 5.41) is 0. The second kappa shape index (κ2) is 10.8. The van der Waals surface area contributed by atoms with E-state index < -0.39 is 12.2 Å². The molecule has 158 valence electrons. The molecule has 2 aromatic carbocycles. The highest BCUT2D eigenvalue weighted by molar-refractivity contribution is 6.09. The Morgan fingerprint density at radius 1 is 0.867 bits per heavy atom. The second-order valence-electron chi connectivity index (χ2n) is 6.53. The van der Waals surface area contributed by atoms with Crippen molar-refractivity contribution in [2.45, 2.75) is 13.8 Å². The Morgan fingerprint density at radius 3 is 2.17 bits per heavy atom. The Kier molecular flexibility index (Phi) is 8.17. The number of ketones is 1. The van der Waals surface area contributed by atoms with Crippen molar-refractivity contribution in [2.24, 2.45) is 0 Å². The molecule has 0 aliphatic heterocycles. The molecule has 7 nitrogen and oxygen atoms in total. The van der Waals surface area contributed by atoms with Crippen LogP contribution in [0.1, 0.15) is 29.8 Å². The summed E-state index contributed by atoms with van der Waals surface area (Å²) in [5.41, 5.74) is 0.965. The highest BCUT2D eigenvalue weighted by Gasteiger charge is 2.15. The Morgan fingerprint density at radius 2 is 1.50 bits per heavy atom. The minimum Gasteiger partial charge on any atom is -0.410 e. The molecule has 7 heteroatoms. The first-order chi connectivity index (χ1) is 14.3. The second-order valence-corrected chi connectivity index (χ2v) is 6.53. The van der Waals surface area contributed by atoms with Gasteiger partial charge in [0.25, 0.3) is 0 Å². The van der Waals surface area contributed by atoms with Gasteiger partial charge in [-0.15, -0.1) is 0 Å². The molecule has 0 atom stereocenters. The number of para-hydroxylation sites is 1. The predicted octanol–water partition coefficient (Wildman–Crippen LogP) is 4.48. The van der Waals surface area contributed by atoms with Crippen LogP contribution in [0.25, 0.3) is 6.08 Å². The van der Waals surface area contributed by atoms with E-state index in [9.17, 15) is 14.4 Å². The molecule has 2 rings (SSSR count). The van der Waals surface area contributed by atoms with E-state index in [1.165, 1.54) is 15.9 Å². The minimum absolute atomic E-state index is 0.197. The molecule has 0 heterocycles. The van der Waals surface area contributed by atoms with Crippen LogP contribution in [0, 0.1) is 0 Å². The van der Waals surface area contributed by atoms with Gasteiger partial charge in [0.05, 0.1) is 5.56 Å². The lowest BCUT2D eigenvalue weighted by Gasteiger charge is -2.15. The van der Waals surface area contributed by atoms with E-state index in [0.717, 1.165) is 0 Å². The van der Waals surface area contributed by atoms with Gasteiger partial charge in [0.2, 0.25) is 0 Å². The number of rotatable bonds is 7. The maximum absolute atomic E-state index is 12.7. The van der Waals surface area contributed by atoms with Crippen molar-refractivity contribution in [3.63, 3.8) is 0 Å². The third-order valence-corrected chi connectivity index (χ3v) is 4.41. The average Bonchev–Trinajstić information content (AvgIpc) is 2.76. The fourth-order valence-corrected chi connectivity index (χ4v) is 2.31. The van der Waals surface area contributed by atoms with Gasteiger partial charge >= 0.3 is 12.2 Å². The van der Waals surface area contributed by atoms with Gasteiger partial charge in [-0.2, -0.15) is 0 Å². The number of allylic oxidation sites excluding steroid dienone is 1. The number of hydrogen-bond donors (Lipinski definition) is 0. The Labute approximate surface area is 176 Å². The van der Waals surface area contributed by atoms with Crippen LogP contribution >= 0.6 is 0 Å². The highest BCUT2D eigenvalue weighted by Crippen LogP contribution is 2.21. The molecule has 2 amide bonds. The molecule has 0 saturated heterocycles. The molecule has 0 bridgehead atoms. The predicted molar refractivity (Wildman–Crippen MR) is 115 cm³/mol. The first-order valence-electron chi connectivity index (χ1n) is 9.63. The standard InChI is InChI=1S/C23H26N2O5/c1-5-24(3)22(27)29-18-11-9-10-17(16-18)14-15-20(26)19-12-7-8-13-21(19)30-23(28)25(4)6-2/h7-16H,5-6H2,1-4H3/b15-14+. The smallest absolute Gasteiger partial charge is 0.410 e. The van der Waals surface area contributed by atoms with E-state index in [4.69, 9.17) is 9.47 Å². The maximum Gasteiger partial charge on any atom is 0.414 e. The zero-order valence-corrected chi connectivity index (χ0v) is 17.6. The number of carbonyl (C=O) groups is 3. The van der Waals surface area contributed by atoms with Gasteiger partial charge in [-0.3, -0.25) is 4.79 Å². The number of amides is 2. The molecule has 0 saturated carbocycles. The van der Waals surface area contributed by atoms with E-state index in [1.807, 2.05) is 13.8 Å². The van der Waals surface area contributed by atoms with Crippen LogP contribution in [0.3, 0.4) is 0 Å². The van der Waals surface area contributed by atoms with Crippen molar-refractivity contribution in [2.75, 3.05) is 27.2 Å². The number of nitrogens with zero attached hydrogens (tertiary/aromatic N) is 2. The summed E-state index contributed by atoms with van der Waals surface area (Å²) in [6.45, 7) is 4.70. The Balaban J connectivity index is 2.14. The lowest BCUT2D eigenvalue weighted by Crippen LogP contribution is -2.29. The first kappa shape index (κ1) is 22.7. The lowest BCUT2D eigenvalue weighted by molar-refractivity contribution is 0.104. The maximum atomic E-state index is 12.7. The van der Waals surface area contributed by atoms with E-state index in [0.29, 0.717) is 24.4 Å². The van der Waals surface area contributed by atoms with Gasteiger partial charge in [-0.25, -0.2) is 9.59 Å². The van der Waals surface area contributed by atoms with Crippen LogP contribution < -0.4 is 9.47 Å². The molecule has 0 aliphatic rings. The topological polar surface area (TPSA) is 76.1 Å². The lowest BCUT2D eigenvalue weighted by atomic mass is 10.1. The molecular weight excluding hydrogens is 384 g/mol. The van der Waals surface area contributed by atoms with Crippen LogP contribution in [0.4, 0.5) is 9.59 Å². The number of carbonyl (C=O) groups excluding carboxylic acids is 3. The molecule has 2 aromatic rings. The van der Waals surface area contributed by atoms with Crippen LogP contribution in [0.5, 0.6) is 11.5 Å². The molecule has 0 N–H and O–H groups in total. The summed E-state index contributed by atoms with van der Waals surface area (Å²) < 4.78 is 10.6. The van der Waals surface area contributed by atoms with Gasteiger partial charge in [0.1, 0.15) is 11.5 Å². The van der Waals surface area contributed by atoms with Crippen molar-refractivity contribution in [1.82, 2.24) is 9.80 Å². The van der Waals surface area contributed by atoms with Crippen LogP contribution in [0.15, 0.2) is 54.6 Å². The number of ether oxygens (including phenoxy) is 2. The van der Waals surface area contributed by atoms with E-state index in [-0.39, 0.29) is 17.1 Å². The molecule has 0 unspecified atom stereocenters. The van der Waals surface area contributed by atoms with Crippen LogP contribution in [0.2, 0.25) is 0 Å². The number of benzene rings is 2. The first-order valence-corrected chi connectivity index (χ1v) is 9.63.